The number of imide groups is 1. The monoisotopic (exact) mass is 576 g/mol. The second-order valence-corrected chi connectivity index (χ2v) is 10.8. The molecule has 2 amide bonds. The highest BCUT2D eigenvalue weighted by Crippen LogP contribution is 2.45. The number of nitrogens with two attached hydrogens (primary N) is 1. The lowest BCUT2D eigenvalue weighted by atomic mass is 9.98. The summed E-state index contributed by atoms with van der Waals surface area (Å²) in [6.07, 6.45) is -1.87. The Morgan fingerprint density at radius 1 is 0.651 bits per heavy atom. The average molecular weight is 577 g/mol. The molecule has 0 unspecified atom stereocenters. The van der Waals surface area contributed by atoms with Gasteiger partial charge < -0.3 is 20.3 Å². The maximum Gasteiger partial charge on any atom is 0.420 e. The summed E-state index contributed by atoms with van der Waals surface area (Å²) in [6.45, 7) is 0.0689. The minimum atomic E-state index is -1.49. The van der Waals surface area contributed by atoms with E-state index >= 15 is 0 Å². The molecule has 2 aliphatic rings. The normalized spacial score (nSPS) is 13.8. The molecule has 0 spiro atoms. The quantitative estimate of drug-likeness (QED) is 0.237. The van der Waals surface area contributed by atoms with Gasteiger partial charge in [0.25, 0.3) is 0 Å². The summed E-state index contributed by atoms with van der Waals surface area (Å²) in [6, 6.07) is 30.1. The number of carboxylic acids is 1. The molecule has 2 aliphatic carbocycles. The van der Waals surface area contributed by atoms with Crippen LogP contribution in [-0.2, 0) is 14.3 Å². The maximum atomic E-state index is 13.6. The molecule has 8 heteroatoms. The lowest BCUT2D eigenvalue weighted by molar-refractivity contribution is -0.142. The van der Waals surface area contributed by atoms with Crippen LogP contribution < -0.4 is 5.73 Å². The number of amides is 2. The Kier molecular flexibility index (Phi) is 7.94. The van der Waals surface area contributed by atoms with Gasteiger partial charge in [0.2, 0.25) is 0 Å². The number of hydrogen-bond donors (Lipinski definition) is 2. The zero-order valence-corrected chi connectivity index (χ0v) is 23.5. The molecule has 0 radical (unpaired) electrons. The van der Waals surface area contributed by atoms with E-state index in [2.05, 4.69) is 0 Å². The summed E-state index contributed by atoms with van der Waals surface area (Å²) < 4.78 is 11.4. The third-order valence-electron chi connectivity index (χ3n) is 8.34. The van der Waals surface area contributed by atoms with Gasteiger partial charge in [0.1, 0.15) is 19.3 Å². The molecule has 43 heavy (non-hydrogen) atoms. The van der Waals surface area contributed by atoms with E-state index in [1.54, 1.807) is 0 Å². The van der Waals surface area contributed by atoms with Crippen molar-refractivity contribution in [3.8, 4) is 22.3 Å². The van der Waals surface area contributed by atoms with Crippen LogP contribution in [-0.4, -0.2) is 54.0 Å². The fourth-order valence-corrected chi connectivity index (χ4v) is 6.33. The molecular formula is C35H32N2O6. The van der Waals surface area contributed by atoms with Crippen molar-refractivity contribution >= 4 is 18.2 Å². The first-order valence-electron chi connectivity index (χ1n) is 14.4. The summed E-state index contributed by atoms with van der Waals surface area (Å²) in [4.78, 5) is 40.1. The number of hydrogen-bond acceptors (Lipinski definition) is 6. The van der Waals surface area contributed by atoms with Gasteiger partial charge in [0.05, 0.1) is 0 Å². The smallest absolute Gasteiger partial charge is 0.420 e. The topological polar surface area (TPSA) is 119 Å². The summed E-state index contributed by atoms with van der Waals surface area (Å²) in [5.41, 5.74) is 13.9. The lowest BCUT2D eigenvalue weighted by Crippen LogP contribution is -2.49. The van der Waals surface area contributed by atoms with E-state index in [1.165, 1.54) is 0 Å². The Balaban J connectivity index is 1.23. The van der Waals surface area contributed by atoms with Gasteiger partial charge in [-0.15, -0.1) is 0 Å². The van der Waals surface area contributed by atoms with Crippen LogP contribution in [0.5, 0.6) is 0 Å². The van der Waals surface area contributed by atoms with Crippen LogP contribution in [0.15, 0.2) is 97.1 Å². The number of ether oxygens (including phenoxy) is 2. The summed E-state index contributed by atoms with van der Waals surface area (Å²) in [7, 11) is 0. The Hall–Kier alpha value is -4.95. The zero-order chi connectivity index (χ0) is 29.9. The van der Waals surface area contributed by atoms with Gasteiger partial charge in [-0.25, -0.2) is 14.4 Å². The zero-order valence-electron chi connectivity index (χ0n) is 23.5. The standard InChI is InChI=1S/C35H32N2O6/c36-19-9-18-32(33(38)39)37(34(40)42-20-30-26-14-5-1-10-22(26)23-11-2-6-15-27(23)30)35(41)43-21-31-28-16-7-3-12-24(28)25-13-4-8-17-29(25)31/h1-8,10-17,30-32H,9,18-21,36H2,(H,38,39)/t32-/m0/s1. The van der Waals surface area contributed by atoms with E-state index in [1.807, 2.05) is 97.1 Å². The van der Waals surface area contributed by atoms with E-state index in [0.29, 0.717) is 11.3 Å². The molecule has 0 aliphatic heterocycles. The summed E-state index contributed by atoms with van der Waals surface area (Å²) >= 11 is 0. The number of carbonyl (C=O) groups is 3. The molecule has 4 aromatic carbocycles. The van der Waals surface area contributed by atoms with E-state index in [4.69, 9.17) is 15.2 Å². The Bertz CT molecular complexity index is 1480. The molecular weight excluding hydrogens is 544 g/mol. The molecule has 8 nitrogen and oxygen atoms in total. The number of carbonyl (C=O) groups excluding carboxylic acids is 2. The highest BCUT2D eigenvalue weighted by molar-refractivity contribution is 5.93. The molecule has 0 saturated heterocycles. The molecule has 0 fully saturated rings. The van der Waals surface area contributed by atoms with E-state index in [9.17, 15) is 19.5 Å². The van der Waals surface area contributed by atoms with Crippen molar-refractivity contribution in [2.45, 2.75) is 30.7 Å². The van der Waals surface area contributed by atoms with Crippen molar-refractivity contribution in [1.29, 1.82) is 0 Å². The molecule has 1 atom stereocenters. The molecule has 0 heterocycles. The summed E-state index contributed by atoms with van der Waals surface area (Å²) in [5.74, 6) is -1.85. The Labute approximate surface area is 249 Å². The minimum absolute atomic E-state index is 0.0276. The van der Waals surface area contributed by atoms with Crippen LogP contribution >= 0.6 is 0 Å². The first-order valence-corrected chi connectivity index (χ1v) is 14.4. The maximum absolute atomic E-state index is 13.6. The molecule has 0 aromatic heterocycles. The van der Waals surface area contributed by atoms with Crippen molar-refractivity contribution in [1.82, 2.24) is 4.90 Å². The van der Waals surface area contributed by atoms with Crippen molar-refractivity contribution in [3.63, 3.8) is 0 Å². The number of nitrogens with zero attached hydrogens (tertiary/aromatic N) is 1. The highest BCUT2D eigenvalue weighted by atomic mass is 16.6. The predicted octanol–water partition coefficient (Wildman–Crippen LogP) is 6.38. The van der Waals surface area contributed by atoms with Crippen LogP contribution in [0.25, 0.3) is 22.3 Å². The van der Waals surface area contributed by atoms with Gasteiger partial charge >= 0.3 is 18.2 Å². The second-order valence-electron chi connectivity index (χ2n) is 10.8. The van der Waals surface area contributed by atoms with Crippen LogP contribution in [0.4, 0.5) is 9.59 Å². The van der Waals surface area contributed by atoms with Gasteiger partial charge in [-0.1, -0.05) is 97.1 Å². The number of aliphatic carboxylic acids is 1. The summed E-state index contributed by atoms with van der Waals surface area (Å²) in [5, 5.41) is 10.1. The average Bonchev–Trinajstić information content (AvgIpc) is 3.53. The SMILES string of the molecule is NCCC[C@@H](C(=O)O)N(C(=O)OCC1c2ccccc2-c2ccccc21)C(=O)OCC1c2ccccc2-c2ccccc21. The molecule has 0 saturated carbocycles. The minimum Gasteiger partial charge on any atom is -0.480 e. The molecule has 6 rings (SSSR count). The number of benzene rings is 4. The van der Waals surface area contributed by atoms with Crippen LogP contribution in [0.1, 0.15) is 46.9 Å². The highest BCUT2D eigenvalue weighted by Gasteiger charge is 2.39. The van der Waals surface area contributed by atoms with Crippen molar-refractivity contribution in [2.24, 2.45) is 5.73 Å². The van der Waals surface area contributed by atoms with Crippen molar-refractivity contribution in [2.75, 3.05) is 19.8 Å². The third-order valence-corrected chi connectivity index (χ3v) is 8.34. The van der Waals surface area contributed by atoms with Gasteiger partial charge in [-0.3, -0.25) is 0 Å². The van der Waals surface area contributed by atoms with Crippen LogP contribution in [0, 0.1) is 0 Å². The second kappa shape index (κ2) is 12.1. The Morgan fingerprint density at radius 3 is 1.33 bits per heavy atom. The van der Waals surface area contributed by atoms with Crippen LogP contribution in [0.2, 0.25) is 0 Å². The third kappa shape index (κ3) is 5.26. The molecule has 218 valence electrons. The first-order chi connectivity index (χ1) is 21.0. The van der Waals surface area contributed by atoms with E-state index in [0.717, 1.165) is 44.5 Å². The van der Waals surface area contributed by atoms with Crippen molar-refractivity contribution < 1.29 is 29.0 Å². The molecule has 0 bridgehead atoms. The fourth-order valence-electron chi connectivity index (χ4n) is 6.33. The number of rotatable bonds is 9. The molecule has 4 aromatic rings. The van der Waals surface area contributed by atoms with Crippen molar-refractivity contribution in [3.05, 3.63) is 119 Å². The first kappa shape index (κ1) is 28.2. The van der Waals surface area contributed by atoms with E-state index < -0.39 is 24.2 Å². The molecule has 3 N–H and O–H groups in total. The van der Waals surface area contributed by atoms with Crippen LogP contribution in [0.3, 0.4) is 0 Å². The van der Waals surface area contributed by atoms with Gasteiger partial charge in [0.15, 0.2) is 0 Å². The Morgan fingerprint density at radius 2 is 1.00 bits per heavy atom. The fraction of sp³-hybridized carbons (Fsp3) is 0.229. The number of carboxylic acid groups (broad SMARTS) is 1. The van der Waals surface area contributed by atoms with Gasteiger partial charge in [-0.05, 0) is 63.9 Å². The van der Waals surface area contributed by atoms with Gasteiger partial charge in [-0.2, -0.15) is 4.90 Å². The van der Waals surface area contributed by atoms with E-state index in [-0.39, 0.29) is 38.0 Å². The number of fused-ring (bicyclic) bond motifs is 6. The predicted molar refractivity (Wildman–Crippen MR) is 162 cm³/mol. The largest absolute Gasteiger partial charge is 0.480 e. The van der Waals surface area contributed by atoms with Gasteiger partial charge in [0, 0.05) is 11.8 Å². The lowest BCUT2D eigenvalue weighted by Gasteiger charge is -2.27.